The summed E-state index contributed by atoms with van der Waals surface area (Å²) in [6.07, 6.45) is 2.02. The van der Waals surface area contributed by atoms with Gasteiger partial charge in [0.1, 0.15) is 5.69 Å². The van der Waals surface area contributed by atoms with Crippen LogP contribution in [0.5, 0.6) is 0 Å². The zero-order valence-electron chi connectivity index (χ0n) is 11.4. The summed E-state index contributed by atoms with van der Waals surface area (Å²) >= 11 is 0. The summed E-state index contributed by atoms with van der Waals surface area (Å²) < 4.78 is 1.96. The Morgan fingerprint density at radius 2 is 1.74 bits per heavy atom. The lowest BCUT2D eigenvalue weighted by Crippen LogP contribution is -2.28. The van der Waals surface area contributed by atoms with Gasteiger partial charge in [0, 0.05) is 7.05 Å². The van der Waals surface area contributed by atoms with Crippen molar-refractivity contribution >= 4 is 10.8 Å². The molecule has 0 saturated heterocycles. The largest absolute Gasteiger partial charge is 0.332 e. The maximum Gasteiger partial charge on any atom is 0.120 e. The van der Waals surface area contributed by atoms with Gasteiger partial charge in [0.05, 0.1) is 6.20 Å². The van der Waals surface area contributed by atoms with E-state index >= 15 is 0 Å². The molecule has 3 rings (SSSR count). The fourth-order valence-electron chi connectivity index (χ4n) is 2.64. The minimum atomic E-state index is 1.18. The van der Waals surface area contributed by atoms with Crippen molar-refractivity contribution in [2.45, 2.75) is 13.8 Å². The van der Waals surface area contributed by atoms with Gasteiger partial charge < -0.3 is 4.57 Å². The van der Waals surface area contributed by atoms with Crippen LogP contribution in [0, 0.1) is 20.9 Å². The van der Waals surface area contributed by atoms with Crippen LogP contribution in [0.25, 0.3) is 22.0 Å². The van der Waals surface area contributed by atoms with Crippen LogP contribution in [0.2, 0.25) is 0 Å². The summed E-state index contributed by atoms with van der Waals surface area (Å²) in [5.74, 6) is 0. The predicted octanol–water partition coefficient (Wildman–Crippen LogP) is 4.05. The van der Waals surface area contributed by atoms with Crippen LogP contribution in [-0.2, 0) is 0 Å². The van der Waals surface area contributed by atoms with Crippen LogP contribution >= 0.6 is 0 Å². The number of hydrogen-bond acceptors (Lipinski definition) is 0. The van der Waals surface area contributed by atoms with Crippen molar-refractivity contribution in [2.24, 2.45) is 0 Å². The third-order valence-corrected chi connectivity index (χ3v) is 3.57. The highest BCUT2D eigenvalue weighted by molar-refractivity contribution is 5.93. The number of fused-ring (bicyclic) bond motifs is 1. The van der Waals surface area contributed by atoms with Gasteiger partial charge in [-0.05, 0) is 41.8 Å². The van der Waals surface area contributed by atoms with Crippen LogP contribution in [0.3, 0.4) is 0 Å². The number of nitrogens with zero attached hydrogens (tertiary/aromatic N) is 1. The Morgan fingerprint density at radius 3 is 2.53 bits per heavy atom. The van der Waals surface area contributed by atoms with E-state index < -0.39 is 0 Å². The molecule has 0 N–H and O–H groups in total. The second kappa shape index (κ2) is 4.43. The Bertz CT molecular complexity index is 757. The quantitative estimate of drug-likeness (QED) is 0.451. The number of benzene rings is 2. The molecule has 0 unspecified atom stereocenters. The number of rotatable bonds is 1. The first-order chi connectivity index (χ1) is 9.16. The Hall–Kier alpha value is -2.28. The Labute approximate surface area is 114 Å². The Balaban J connectivity index is 2.38. The van der Waals surface area contributed by atoms with E-state index in [0.29, 0.717) is 0 Å². The molecule has 0 aliphatic rings. The van der Waals surface area contributed by atoms with Crippen LogP contribution in [0.15, 0.2) is 54.7 Å². The standard InChI is InChI=1S/C18H17N/c1-13-8-9-16(14(2)12-13)18-17-7-5-4-6-15(17)10-11-19(18)3/h4-12H,3H2,1-2H3. The topological polar surface area (TPSA) is 3.88 Å². The fraction of sp³-hybridized carbons (Fsp3) is 0.111. The van der Waals surface area contributed by atoms with E-state index in [-0.39, 0.29) is 0 Å². The number of aromatic nitrogens is 1. The minimum Gasteiger partial charge on any atom is -0.332 e. The first-order valence-electron chi connectivity index (χ1n) is 6.49. The SMILES string of the molecule is [CH2-][n+]1ccc2ccccc2c1-c1ccc(C)cc1C. The smallest absolute Gasteiger partial charge is 0.120 e. The van der Waals surface area contributed by atoms with Gasteiger partial charge in [0.25, 0.3) is 0 Å². The molecular formula is C18H17N. The highest BCUT2D eigenvalue weighted by Gasteiger charge is 2.10. The molecule has 94 valence electrons. The van der Waals surface area contributed by atoms with Gasteiger partial charge in [-0.25, -0.2) is 0 Å². The van der Waals surface area contributed by atoms with Gasteiger partial charge in [0.2, 0.25) is 0 Å². The second-order valence-corrected chi connectivity index (χ2v) is 5.04. The molecule has 0 aliphatic carbocycles. The van der Waals surface area contributed by atoms with Crippen LogP contribution in [0.1, 0.15) is 11.1 Å². The Morgan fingerprint density at radius 1 is 0.947 bits per heavy atom. The van der Waals surface area contributed by atoms with Gasteiger partial charge in [-0.3, -0.25) is 0 Å². The van der Waals surface area contributed by atoms with E-state index in [4.69, 9.17) is 0 Å². The lowest BCUT2D eigenvalue weighted by atomic mass is 9.98. The van der Waals surface area contributed by atoms with Crippen molar-refractivity contribution in [3.63, 3.8) is 0 Å². The van der Waals surface area contributed by atoms with E-state index in [9.17, 15) is 0 Å². The molecule has 0 fully saturated rings. The minimum absolute atomic E-state index is 1.18. The second-order valence-electron chi connectivity index (χ2n) is 5.04. The molecule has 2 aromatic carbocycles. The number of pyridine rings is 1. The van der Waals surface area contributed by atoms with Gasteiger partial charge in [-0.2, -0.15) is 0 Å². The lowest BCUT2D eigenvalue weighted by molar-refractivity contribution is -0.599. The molecule has 0 aliphatic heterocycles. The summed E-state index contributed by atoms with van der Waals surface area (Å²) in [6.45, 7) is 4.28. The molecular weight excluding hydrogens is 230 g/mol. The summed E-state index contributed by atoms with van der Waals surface area (Å²) in [5.41, 5.74) is 5.00. The fourth-order valence-corrected chi connectivity index (χ4v) is 2.64. The summed E-state index contributed by atoms with van der Waals surface area (Å²) in [7, 11) is 4.13. The van der Waals surface area contributed by atoms with E-state index in [2.05, 4.69) is 69.4 Å². The molecule has 0 spiro atoms. The molecule has 1 heteroatoms. The van der Waals surface area contributed by atoms with Gasteiger partial charge >= 0.3 is 0 Å². The van der Waals surface area contributed by atoms with E-state index in [1.54, 1.807) is 0 Å². The van der Waals surface area contributed by atoms with Gasteiger partial charge in [-0.1, -0.05) is 48.0 Å². The van der Waals surface area contributed by atoms with Crippen molar-refractivity contribution < 1.29 is 4.57 Å². The molecule has 19 heavy (non-hydrogen) atoms. The van der Waals surface area contributed by atoms with Crippen molar-refractivity contribution in [1.82, 2.24) is 0 Å². The molecule has 3 aromatic rings. The molecule has 0 saturated carbocycles. The number of hydrogen-bond donors (Lipinski definition) is 0. The van der Waals surface area contributed by atoms with Crippen molar-refractivity contribution in [3.8, 4) is 11.3 Å². The van der Waals surface area contributed by atoms with E-state index in [1.807, 2.05) is 10.8 Å². The van der Waals surface area contributed by atoms with Crippen molar-refractivity contribution in [2.75, 3.05) is 0 Å². The molecule has 1 aromatic heterocycles. The van der Waals surface area contributed by atoms with Crippen LogP contribution < -0.4 is 4.57 Å². The molecule has 0 bridgehead atoms. The maximum absolute atomic E-state index is 4.13. The van der Waals surface area contributed by atoms with Gasteiger partial charge in [-0.15, -0.1) is 0 Å². The summed E-state index contributed by atoms with van der Waals surface area (Å²) in [5, 5.41) is 2.49. The summed E-state index contributed by atoms with van der Waals surface area (Å²) in [6, 6.07) is 17.1. The van der Waals surface area contributed by atoms with Crippen LogP contribution in [-0.4, -0.2) is 0 Å². The zero-order valence-corrected chi connectivity index (χ0v) is 11.4. The zero-order chi connectivity index (χ0) is 13.4. The van der Waals surface area contributed by atoms with Gasteiger partial charge in [0.15, 0.2) is 0 Å². The van der Waals surface area contributed by atoms with E-state index in [0.717, 1.165) is 0 Å². The molecule has 1 nitrogen and oxygen atoms in total. The average Bonchev–Trinajstić information content (AvgIpc) is 2.40. The molecule has 1 heterocycles. The maximum atomic E-state index is 4.13. The highest BCUT2D eigenvalue weighted by atomic mass is 14.9. The molecule has 0 amide bonds. The molecule has 0 radical (unpaired) electrons. The van der Waals surface area contributed by atoms with E-state index in [1.165, 1.54) is 33.2 Å². The van der Waals surface area contributed by atoms with Crippen molar-refractivity contribution in [1.29, 1.82) is 0 Å². The Kier molecular flexibility index (Phi) is 2.75. The third kappa shape index (κ3) is 1.97. The highest BCUT2D eigenvalue weighted by Crippen LogP contribution is 2.28. The van der Waals surface area contributed by atoms with Crippen molar-refractivity contribution in [3.05, 3.63) is 72.9 Å². The number of aryl methyl sites for hydroxylation is 2. The average molecular weight is 247 g/mol. The first-order valence-corrected chi connectivity index (χ1v) is 6.49. The lowest BCUT2D eigenvalue weighted by Gasteiger charge is -2.14. The first kappa shape index (κ1) is 11.8. The predicted molar refractivity (Wildman–Crippen MR) is 79.8 cm³/mol. The molecule has 0 atom stereocenters. The van der Waals surface area contributed by atoms with Crippen LogP contribution in [0.4, 0.5) is 0 Å². The summed E-state index contributed by atoms with van der Waals surface area (Å²) in [4.78, 5) is 0. The monoisotopic (exact) mass is 247 g/mol. The third-order valence-electron chi connectivity index (χ3n) is 3.57. The normalized spacial score (nSPS) is 10.8.